The molecular formula is C23H21N6O3+. The van der Waals surface area contributed by atoms with Crippen molar-refractivity contribution in [3.8, 4) is 5.75 Å². The van der Waals surface area contributed by atoms with Gasteiger partial charge in [-0.05, 0) is 29.8 Å². The summed E-state index contributed by atoms with van der Waals surface area (Å²) >= 11 is 0. The Balaban J connectivity index is 1.77. The van der Waals surface area contributed by atoms with Crippen molar-refractivity contribution >= 4 is 39.4 Å². The fourth-order valence-electron chi connectivity index (χ4n) is 3.62. The average Bonchev–Trinajstić information content (AvgIpc) is 3.14. The molecule has 0 amide bonds. The lowest BCUT2D eigenvalue weighted by Gasteiger charge is -2.00. The summed E-state index contributed by atoms with van der Waals surface area (Å²) in [6, 6.07) is 15.1. The molecule has 3 aromatic heterocycles. The van der Waals surface area contributed by atoms with Crippen molar-refractivity contribution in [1.82, 2.24) is 19.2 Å². The highest BCUT2D eigenvalue weighted by Crippen LogP contribution is 2.24. The highest BCUT2D eigenvalue weighted by atomic mass is 16.5. The van der Waals surface area contributed by atoms with Gasteiger partial charge in [-0.15, -0.1) is 9.78 Å². The number of fused-ring (bicyclic) bond motifs is 4. The Kier molecular flexibility index (Phi) is 5.08. The van der Waals surface area contributed by atoms with Crippen LogP contribution in [0.1, 0.15) is 5.56 Å². The highest BCUT2D eigenvalue weighted by molar-refractivity contribution is 6.03. The van der Waals surface area contributed by atoms with E-state index in [1.807, 2.05) is 48.5 Å². The monoisotopic (exact) mass is 429 g/mol. The van der Waals surface area contributed by atoms with E-state index in [-0.39, 0.29) is 5.56 Å². The molecule has 0 aliphatic carbocycles. The maximum absolute atomic E-state index is 13.3. The number of para-hydroxylation sites is 2. The molecule has 0 atom stereocenters. The van der Waals surface area contributed by atoms with E-state index >= 15 is 0 Å². The van der Waals surface area contributed by atoms with Crippen molar-refractivity contribution in [3.05, 3.63) is 70.8 Å². The lowest BCUT2D eigenvalue weighted by molar-refractivity contribution is -0.357. The third kappa shape index (κ3) is 3.38. The van der Waals surface area contributed by atoms with Crippen LogP contribution in [0.3, 0.4) is 0 Å². The molecule has 0 bridgehead atoms. The van der Waals surface area contributed by atoms with Gasteiger partial charge in [0.1, 0.15) is 11.3 Å². The largest absolute Gasteiger partial charge is 0.497 e. The van der Waals surface area contributed by atoms with Gasteiger partial charge in [0.15, 0.2) is 11.7 Å². The molecule has 9 nitrogen and oxygen atoms in total. The third-order valence-corrected chi connectivity index (χ3v) is 5.22. The van der Waals surface area contributed by atoms with E-state index < -0.39 is 0 Å². The van der Waals surface area contributed by atoms with Crippen LogP contribution in [-0.4, -0.2) is 46.3 Å². The van der Waals surface area contributed by atoms with E-state index in [0.29, 0.717) is 40.9 Å². The first-order chi connectivity index (χ1) is 15.7. The third-order valence-electron chi connectivity index (χ3n) is 5.22. The molecule has 0 aliphatic rings. The molecule has 5 aromatic rings. The van der Waals surface area contributed by atoms with Gasteiger partial charge in [0, 0.05) is 7.11 Å². The number of hydrogen-bond donors (Lipinski definition) is 0. The van der Waals surface area contributed by atoms with E-state index in [2.05, 4.69) is 10.1 Å². The second-order valence-corrected chi connectivity index (χ2v) is 7.21. The maximum Gasteiger partial charge on any atom is 0.322 e. The summed E-state index contributed by atoms with van der Waals surface area (Å²) in [6.07, 6.45) is 3.32. The summed E-state index contributed by atoms with van der Waals surface area (Å²) in [7, 11) is 3.22. The summed E-state index contributed by atoms with van der Waals surface area (Å²) < 4.78 is 13.6. The van der Waals surface area contributed by atoms with E-state index in [9.17, 15) is 4.79 Å². The first-order valence-corrected chi connectivity index (χ1v) is 10.1. The maximum atomic E-state index is 13.3. The zero-order valence-corrected chi connectivity index (χ0v) is 17.6. The Bertz CT molecular complexity index is 1540. The van der Waals surface area contributed by atoms with Crippen molar-refractivity contribution in [2.45, 2.75) is 6.54 Å². The number of rotatable bonds is 6. The van der Waals surface area contributed by atoms with Gasteiger partial charge in [-0.25, -0.2) is 24.3 Å². The standard InChI is InChI=1S/C23H20N6O3/c1-31-11-10-28-14-24-21-19(23(28)30)20-22(27-18-9-4-3-8-17(18)26-20)29(21)25-13-15-6-5-7-16(12-15)32-2/h3-9,12-14H,10-11H2,1-2H3/p+1/b25-13+. The molecule has 0 radical (unpaired) electrons. The van der Waals surface area contributed by atoms with Crippen LogP contribution in [0.2, 0.25) is 0 Å². The molecule has 2 aromatic carbocycles. The minimum absolute atomic E-state index is 0.180. The highest BCUT2D eigenvalue weighted by Gasteiger charge is 2.24. The van der Waals surface area contributed by atoms with Crippen molar-refractivity contribution in [1.29, 1.82) is 0 Å². The zero-order valence-electron chi connectivity index (χ0n) is 17.6. The van der Waals surface area contributed by atoms with Crippen LogP contribution < -0.4 is 15.3 Å². The second-order valence-electron chi connectivity index (χ2n) is 7.21. The molecule has 9 heteroatoms. The fourth-order valence-corrected chi connectivity index (χ4v) is 3.62. The average molecular weight is 429 g/mol. The number of ether oxygens (including phenoxy) is 2. The van der Waals surface area contributed by atoms with E-state index in [4.69, 9.17) is 19.4 Å². The van der Waals surface area contributed by atoms with Crippen LogP contribution in [0.15, 0.2) is 64.8 Å². The smallest absolute Gasteiger partial charge is 0.322 e. The summed E-state index contributed by atoms with van der Waals surface area (Å²) in [4.78, 5) is 26.0. The Morgan fingerprint density at radius 3 is 2.69 bits per heavy atom. The van der Waals surface area contributed by atoms with Gasteiger partial charge in [0.2, 0.25) is 5.65 Å². The molecule has 1 N–H and O–H groups in total. The van der Waals surface area contributed by atoms with Crippen molar-refractivity contribution in [2.24, 2.45) is 5.10 Å². The number of methoxy groups -OCH3 is 2. The van der Waals surface area contributed by atoms with Crippen LogP contribution in [-0.2, 0) is 11.3 Å². The molecule has 0 unspecified atom stereocenters. The van der Waals surface area contributed by atoms with Crippen molar-refractivity contribution in [3.63, 3.8) is 0 Å². The van der Waals surface area contributed by atoms with E-state index in [1.54, 1.807) is 36.0 Å². The first-order valence-electron chi connectivity index (χ1n) is 10.1. The predicted molar refractivity (Wildman–Crippen MR) is 121 cm³/mol. The number of nitrogens with one attached hydrogen (secondary N) is 1. The molecule has 0 aliphatic heterocycles. The summed E-state index contributed by atoms with van der Waals surface area (Å²) in [5, 5.41) is 5.07. The fraction of sp³-hybridized carbons (Fsp3) is 0.174. The first kappa shape index (κ1) is 19.8. The zero-order chi connectivity index (χ0) is 22.1. The predicted octanol–water partition coefficient (Wildman–Crippen LogP) is 2.25. The summed E-state index contributed by atoms with van der Waals surface area (Å²) in [5.41, 5.74) is 3.61. The number of benzene rings is 2. The number of aromatic amines is 1. The second kappa shape index (κ2) is 8.20. The molecule has 0 fully saturated rings. The number of aromatic nitrogens is 5. The molecular weight excluding hydrogens is 408 g/mol. The topological polar surface area (TPSA) is 97.7 Å². The molecule has 0 saturated heterocycles. The van der Waals surface area contributed by atoms with Gasteiger partial charge in [0.25, 0.3) is 5.65 Å². The van der Waals surface area contributed by atoms with Crippen LogP contribution in [0.5, 0.6) is 5.75 Å². The molecule has 160 valence electrons. The number of nitrogens with zero attached hydrogens (tertiary/aromatic N) is 5. The van der Waals surface area contributed by atoms with Crippen LogP contribution in [0.25, 0.3) is 33.2 Å². The summed E-state index contributed by atoms with van der Waals surface area (Å²) in [5.74, 6) is 0.731. The molecule has 0 spiro atoms. The van der Waals surface area contributed by atoms with Gasteiger partial charge < -0.3 is 9.47 Å². The lowest BCUT2D eigenvalue weighted by atomic mass is 10.2. The Labute approximate surface area is 182 Å². The molecule has 32 heavy (non-hydrogen) atoms. The normalized spacial score (nSPS) is 11.8. The molecule has 3 heterocycles. The minimum atomic E-state index is -0.180. The quantitative estimate of drug-likeness (QED) is 0.386. The van der Waals surface area contributed by atoms with Crippen molar-refractivity contribution in [2.75, 3.05) is 20.8 Å². The van der Waals surface area contributed by atoms with Gasteiger partial charge in [-0.3, -0.25) is 0 Å². The van der Waals surface area contributed by atoms with Crippen LogP contribution >= 0.6 is 0 Å². The van der Waals surface area contributed by atoms with Gasteiger partial charge in [0.05, 0.1) is 37.5 Å². The Morgan fingerprint density at radius 1 is 1.09 bits per heavy atom. The van der Waals surface area contributed by atoms with E-state index in [1.165, 1.54) is 0 Å². The Morgan fingerprint density at radius 2 is 1.91 bits per heavy atom. The van der Waals surface area contributed by atoms with Gasteiger partial charge >= 0.3 is 5.56 Å². The number of H-pyrrole nitrogens is 1. The van der Waals surface area contributed by atoms with Crippen LogP contribution in [0, 0.1) is 0 Å². The van der Waals surface area contributed by atoms with Crippen LogP contribution in [0.4, 0.5) is 0 Å². The van der Waals surface area contributed by atoms with E-state index in [0.717, 1.165) is 16.8 Å². The SMILES string of the molecule is COCCn1c[nH+]c2c(c1=O)c1nc3ccccc3nc1n2/N=C/c1cccc(OC)c1. The minimum Gasteiger partial charge on any atom is -0.497 e. The molecule has 0 saturated carbocycles. The van der Waals surface area contributed by atoms with Gasteiger partial charge in [-0.1, -0.05) is 24.3 Å². The molecule has 5 rings (SSSR count). The van der Waals surface area contributed by atoms with Gasteiger partial charge in [-0.2, -0.15) is 0 Å². The number of hydrogen-bond acceptors (Lipinski definition) is 6. The van der Waals surface area contributed by atoms with Crippen molar-refractivity contribution < 1.29 is 14.5 Å². The summed E-state index contributed by atoms with van der Waals surface area (Å²) in [6.45, 7) is 0.836. The Hall–Kier alpha value is -4.11. The lowest BCUT2D eigenvalue weighted by Crippen LogP contribution is -2.28.